The van der Waals surface area contributed by atoms with Crippen molar-refractivity contribution in [2.24, 2.45) is 5.92 Å². The SMILES string of the molecule is CNS(=O)(=O)C[C@H]1CC[C@H](N(C)c2ncnc3c2ccn3C(=O)N(C)c2cc(C(F)(F)F)ccc2O[C@@H]2O[C@H](C(=O)O)[C@@H](O)[C@H](O)[C@H]2O)CC1. The van der Waals surface area contributed by atoms with Crippen LogP contribution in [0.15, 0.2) is 36.8 Å². The molecule has 5 rings (SSSR count). The van der Waals surface area contributed by atoms with Crippen LogP contribution in [-0.2, 0) is 25.7 Å². The van der Waals surface area contributed by atoms with Crippen LogP contribution in [0.3, 0.4) is 0 Å². The van der Waals surface area contributed by atoms with Crippen molar-refractivity contribution in [3.8, 4) is 5.75 Å². The van der Waals surface area contributed by atoms with Gasteiger partial charge in [0.2, 0.25) is 16.3 Å². The quantitative estimate of drug-likeness (QED) is 0.211. The highest BCUT2D eigenvalue weighted by molar-refractivity contribution is 7.89. The van der Waals surface area contributed by atoms with Gasteiger partial charge in [0, 0.05) is 26.3 Å². The number of nitrogens with one attached hydrogen (secondary N) is 1. The number of carboxylic acid groups (broad SMARTS) is 1. The van der Waals surface area contributed by atoms with E-state index < -0.39 is 75.9 Å². The number of carbonyl (C=O) groups excluding carboxylic acids is 1. The fourth-order valence-corrected chi connectivity index (χ4v) is 7.35. The first-order chi connectivity index (χ1) is 23.4. The third kappa shape index (κ3) is 7.49. The van der Waals surface area contributed by atoms with E-state index in [1.54, 1.807) is 6.07 Å². The molecular formula is C30H37F3N6O10S. The van der Waals surface area contributed by atoms with Crippen molar-refractivity contribution in [3.05, 3.63) is 42.4 Å². The standard InChI is InChI=1S/C30H37F3N6O10S/c1-34-50(46,47)13-15-4-7-17(8-5-15)37(2)25-18-10-11-39(26(18)36-14-35-25)29(45)38(3)19-12-16(30(31,32)33)6-9-20(19)48-28-23(42)21(40)22(41)24(49-28)27(43)44/h6,9-12,14-15,17,21-24,28,34,40-42H,4-5,7-8,13H2,1-3H3,(H,43,44)/t15-,17-,21-,22-,23+,24-,28+/m0/s1. The summed E-state index contributed by atoms with van der Waals surface area (Å²) in [4.78, 5) is 36.8. The first kappa shape index (κ1) is 37.2. The molecule has 5 atom stereocenters. The van der Waals surface area contributed by atoms with Gasteiger partial charge in [-0.25, -0.2) is 32.7 Å². The number of aliphatic hydroxyl groups is 3. The van der Waals surface area contributed by atoms with Gasteiger partial charge in [-0.1, -0.05) is 0 Å². The fourth-order valence-electron chi connectivity index (χ4n) is 6.23. The van der Waals surface area contributed by atoms with E-state index in [4.69, 9.17) is 9.47 Å². The van der Waals surface area contributed by atoms with Gasteiger partial charge in [0.05, 0.1) is 22.4 Å². The number of aliphatic hydroxyl groups excluding tert-OH is 3. The number of fused-ring (bicyclic) bond motifs is 1. The fraction of sp³-hybridized carbons (Fsp3) is 0.533. The molecule has 1 aromatic carbocycles. The Morgan fingerprint density at radius 2 is 1.74 bits per heavy atom. The highest BCUT2D eigenvalue weighted by Gasteiger charge is 2.48. The monoisotopic (exact) mass is 730 g/mol. The number of benzene rings is 1. The van der Waals surface area contributed by atoms with Gasteiger partial charge in [0.1, 0.15) is 36.2 Å². The molecule has 2 fully saturated rings. The Balaban J connectivity index is 1.42. The molecule has 1 aliphatic heterocycles. The van der Waals surface area contributed by atoms with E-state index in [9.17, 15) is 51.6 Å². The third-order valence-corrected chi connectivity index (χ3v) is 10.7. The van der Waals surface area contributed by atoms with Crippen LogP contribution in [0.5, 0.6) is 5.75 Å². The molecule has 0 radical (unpaired) electrons. The van der Waals surface area contributed by atoms with Crippen molar-refractivity contribution >= 4 is 44.6 Å². The van der Waals surface area contributed by atoms with E-state index >= 15 is 0 Å². The van der Waals surface area contributed by atoms with Gasteiger partial charge in [0.15, 0.2) is 11.8 Å². The van der Waals surface area contributed by atoms with Crippen LogP contribution in [0.25, 0.3) is 11.0 Å². The summed E-state index contributed by atoms with van der Waals surface area (Å²) in [5.41, 5.74) is -1.49. The summed E-state index contributed by atoms with van der Waals surface area (Å²) in [5.74, 6) is -1.62. The van der Waals surface area contributed by atoms with Crippen molar-refractivity contribution in [2.45, 2.75) is 68.6 Å². The minimum atomic E-state index is -4.85. The molecule has 3 aromatic rings. The van der Waals surface area contributed by atoms with Crippen molar-refractivity contribution in [2.75, 3.05) is 36.7 Å². The highest BCUT2D eigenvalue weighted by Crippen LogP contribution is 2.39. The number of nitrogens with zero attached hydrogens (tertiary/aromatic N) is 5. The molecule has 2 aliphatic rings. The van der Waals surface area contributed by atoms with Crippen LogP contribution in [0.2, 0.25) is 0 Å². The van der Waals surface area contributed by atoms with Gasteiger partial charge >= 0.3 is 18.2 Å². The van der Waals surface area contributed by atoms with Crippen LogP contribution in [-0.4, -0.2) is 119 Å². The average Bonchev–Trinajstić information content (AvgIpc) is 3.51. The Hall–Kier alpha value is -4.08. The molecule has 20 heteroatoms. The summed E-state index contributed by atoms with van der Waals surface area (Å²) >= 11 is 0. The van der Waals surface area contributed by atoms with Gasteiger partial charge in [-0.15, -0.1) is 0 Å². The van der Waals surface area contributed by atoms with Crippen LogP contribution in [0, 0.1) is 5.92 Å². The zero-order valence-electron chi connectivity index (χ0n) is 27.1. The number of aromatic nitrogens is 3. The first-order valence-electron chi connectivity index (χ1n) is 15.5. The van der Waals surface area contributed by atoms with Crippen LogP contribution in [0.1, 0.15) is 31.2 Å². The maximum atomic E-state index is 13.9. The Kier molecular flexibility index (Phi) is 10.6. The largest absolute Gasteiger partial charge is 0.479 e. The van der Waals surface area contributed by atoms with Crippen molar-refractivity contribution in [3.63, 3.8) is 0 Å². The average molecular weight is 731 g/mol. The number of carboxylic acids is 1. The maximum absolute atomic E-state index is 13.9. The minimum Gasteiger partial charge on any atom is -0.479 e. The second kappa shape index (κ2) is 14.3. The zero-order valence-corrected chi connectivity index (χ0v) is 27.9. The van der Waals surface area contributed by atoms with Crippen LogP contribution < -0.4 is 19.3 Å². The number of alkyl halides is 3. The number of halogens is 3. The van der Waals surface area contributed by atoms with Crippen molar-refractivity contribution in [1.29, 1.82) is 0 Å². The lowest BCUT2D eigenvalue weighted by Crippen LogP contribution is -2.61. The number of ether oxygens (including phenoxy) is 2. The molecule has 2 aromatic heterocycles. The summed E-state index contributed by atoms with van der Waals surface area (Å²) in [6, 6.07) is 2.79. The lowest BCUT2D eigenvalue weighted by molar-refractivity contribution is -0.271. The predicted molar refractivity (Wildman–Crippen MR) is 170 cm³/mol. The highest BCUT2D eigenvalue weighted by atomic mass is 32.2. The smallest absolute Gasteiger partial charge is 0.416 e. The predicted octanol–water partition coefficient (Wildman–Crippen LogP) is 1.37. The Morgan fingerprint density at radius 1 is 1.06 bits per heavy atom. The number of aliphatic carboxylic acids is 1. The van der Waals surface area contributed by atoms with Gasteiger partial charge in [-0.05, 0) is 62.9 Å². The van der Waals surface area contributed by atoms with E-state index in [-0.39, 0.29) is 23.4 Å². The molecule has 0 spiro atoms. The first-order valence-corrected chi connectivity index (χ1v) is 17.1. The van der Waals surface area contributed by atoms with Gasteiger partial charge in [0.25, 0.3) is 0 Å². The van der Waals surface area contributed by atoms with Gasteiger partial charge in [-0.3, -0.25) is 9.47 Å². The molecule has 1 saturated heterocycles. The Bertz CT molecular complexity index is 1840. The number of anilines is 2. The van der Waals surface area contributed by atoms with E-state index in [0.29, 0.717) is 49.0 Å². The maximum Gasteiger partial charge on any atom is 0.416 e. The molecule has 274 valence electrons. The van der Waals surface area contributed by atoms with Gasteiger partial charge < -0.3 is 34.8 Å². The minimum absolute atomic E-state index is 0.00433. The normalized spacial score (nSPS) is 26.1. The second-order valence-electron chi connectivity index (χ2n) is 12.3. The van der Waals surface area contributed by atoms with Gasteiger partial charge in [-0.2, -0.15) is 13.2 Å². The molecular weight excluding hydrogens is 693 g/mol. The summed E-state index contributed by atoms with van der Waals surface area (Å²) in [5, 5.41) is 40.4. The zero-order chi connectivity index (χ0) is 36.7. The molecule has 1 saturated carbocycles. The number of rotatable bonds is 9. The molecule has 16 nitrogen and oxygen atoms in total. The molecule has 50 heavy (non-hydrogen) atoms. The molecule has 0 bridgehead atoms. The number of hydrogen-bond donors (Lipinski definition) is 5. The van der Waals surface area contributed by atoms with Crippen LogP contribution in [0.4, 0.5) is 29.5 Å². The summed E-state index contributed by atoms with van der Waals surface area (Å²) in [6.07, 6.45) is -9.62. The van der Waals surface area contributed by atoms with Crippen molar-refractivity contribution in [1.82, 2.24) is 19.3 Å². The number of carbonyl (C=O) groups is 2. The van der Waals surface area contributed by atoms with E-state index in [0.717, 1.165) is 22.6 Å². The molecule has 0 unspecified atom stereocenters. The third-order valence-electron chi connectivity index (χ3n) is 9.12. The molecule has 1 amide bonds. The lowest BCUT2D eigenvalue weighted by atomic mass is 9.86. The second-order valence-corrected chi connectivity index (χ2v) is 14.2. The lowest BCUT2D eigenvalue weighted by Gasteiger charge is -2.38. The number of hydrogen-bond acceptors (Lipinski definition) is 12. The van der Waals surface area contributed by atoms with E-state index in [2.05, 4.69) is 14.7 Å². The molecule has 3 heterocycles. The summed E-state index contributed by atoms with van der Waals surface area (Å²) in [6.45, 7) is 0. The van der Waals surface area contributed by atoms with Crippen LogP contribution >= 0.6 is 0 Å². The summed E-state index contributed by atoms with van der Waals surface area (Å²) in [7, 11) is 1.01. The topological polar surface area (TPSA) is 217 Å². The van der Waals surface area contributed by atoms with E-state index in [1.165, 1.54) is 19.6 Å². The Labute approximate surface area is 284 Å². The molecule has 1 aliphatic carbocycles. The van der Waals surface area contributed by atoms with E-state index in [1.807, 2.05) is 11.9 Å². The summed E-state index contributed by atoms with van der Waals surface area (Å²) < 4.78 is 79.5. The van der Waals surface area contributed by atoms with Crippen molar-refractivity contribution < 1.29 is 61.1 Å². The molecule has 5 N–H and O–H groups in total. The number of amides is 1. The number of sulfonamides is 1. The Morgan fingerprint density at radius 3 is 2.36 bits per heavy atom.